The Labute approximate surface area is 89.4 Å². The van der Waals surface area contributed by atoms with Crippen LogP contribution in [0.15, 0.2) is 24.3 Å². The Hall–Kier alpha value is -1.51. The van der Waals surface area contributed by atoms with E-state index >= 15 is 0 Å². The van der Waals surface area contributed by atoms with Crippen LogP contribution in [0.4, 0.5) is 4.79 Å². The maximum atomic E-state index is 11.2. The van der Waals surface area contributed by atoms with Crippen molar-refractivity contribution in [3.63, 3.8) is 0 Å². The van der Waals surface area contributed by atoms with E-state index in [0.717, 1.165) is 12.0 Å². The minimum absolute atomic E-state index is 0.329. The Morgan fingerprint density at radius 1 is 1.33 bits per heavy atom. The van der Waals surface area contributed by atoms with Crippen molar-refractivity contribution in [3.05, 3.63) is 35.4 Å². The summed E-state index contributed by atoms with van der Waals surface area (Å²) >= 11 is 0. The molecule has 1 atom stereocenters. The number of carbonyl (C=O) groups excluding carboxylic acids is 1. The molecule has 3 heteroatoms. The number of alkyl carbamates (subject to hydrolysis) is 1. The largest absolute Gasteiger partial charge is 0.438 e. The summed E-state index contributed by atoms with van der Waals surface area (Å²) in [4.78, 5) is 11.2. The summed E-state index contributed by atoms with van der Waals surface area (Å²) in [6.07, 6.45) is 0.478. The van der Waals surface area contributed by atoms with Crippen molar-refractivity contribution in [3.8, 4) is 0 Å². The van der Waals surface area contributed by atoms with E-state index in [9.17, 15) is 4.79 Å². The molecule has 15 heavy (non-hydrogen) atoms. The molecule has 80 valence electrons. The molecule has 1 unspecified atom stereocenters. The van der Waals surface area contributed by atoms with Crippen molar-refractivity contribution >= 4 is 6.09 Å². The molecule has 1 aromatic rings. The third kappa shape index (κ3) is 1.96. The van der Waals surface area contributed by atoms with Crippen LogP contribution in [-0.2, 0) is 10.3 Å². The van der Waals surface area contributed by atoms with Gasteiger partial charge in [0.1, 0.15) is 5.60 Å². The first-order chi connectivity index (χ1) is 7.10. The molecule has 3 nitrogen and oxygen atoms in total. The highest BCUT2D eigenvalue weighted by Crippen LogP contribution is 2.31. The second kappa shape index (κ2) is 3.57. The van der Waals surface area contributed by atoms with Gasteiger partial charge >= 0.3 is 6.09 Å². The second-order valence-electron chi connectivity index (χ2n) is 4.16. The number of rotatable bonds is 1. The molecule has 1 fully saturated rings. The molecular weight excluding hydrogens is 190 g/mol. The van der Waals surface area contributed by atoms with Gasteiger partial charge in [-0.15, -0.1) is 0 Å². The van der Waals surface area contributed by atoms with Crippen molar-refractivity contribution in [1.82, 2.24) is 5.32 Å². The van der Waals surface area contributed by atoms with Gasteiger partial charge in [0.05, 0.1) is 0 Å². The third-order valence-corrected chi connectivity index (χ3v) is 2.85. The first-order valence-corrected chi connectivity index (χ1v) is 5.14. The number of hydrogen-bond donors (Lipinski definition) is 1. The number of nitrogens with one attached hydrogen (secondary N) is 1. The highest BCUT2D eigenvalue weighted by Gasteiger charge is 2.34. The minimum atomic E-state index is -0.476. The number of benzene rings is 1. The highest BCUT2D eigenvalue weighted by molar-refractivity contribution is 5.68. The molecule has 0 saturated carbocycles. The van der Waals surface area contributed by atoms with Crippen LogP contribution in [0.25, 0.3) is 0 Å². The monoisotopic (exact) mass is 205 g/mol. The SMILES string of the molecule is Cc1ccc(C2(C)CCNC(=O)O2)cc1. The van der Waals surface area contributed by atoms with Gasteiger partial charge in [-0.3, -0.25) is 0 Å². The summed E-state index contributed by atoms with van der Waals surface area (Å²) in [6, 6.07) is 8.12. The molecule has 1 saturated heterocycles. The molecule has 0 spiro atoms. The van der Waals surface area contributed by atoms with Gasteiger partial charge in [0.2, 0.25) is 0 Å². The molecule has 1 aliphatic heterocycles. The molecule has 2 rings (SSSR count). The van der Waals surface area contributed by atoms with E-state index in [2.05, 4.69) is 5.32 Å². The van der Waals surface area contributed by atoms with E-state index in [4.69, 9.17) is 4.74 Å². The van der Waals surface area contributed by atoms with Crippen molar-refractivity contribution in [1.29, 1.82) is 0 Å². The number of carbonyl (C=O) groups is 1. The van der Waals surface area contributed by atoms with Crippen LogP contribution in [0, 0.1) is 6.92 Å². The van der Waals surface area contributed by atoms with E-state index in [-0.39, 0.29) is 6.09 Å². The highest BCUT2D eigenvalue weighted by atomic mass is 16.6. The average Bonchev–Trinajstić information content (AvgIpc) is 2.18. The Balaban J connectivity index is 2.28. The van der Waals surface area contributed by atoms with Crippen LogP contribution < -0.4 is 5.32 Å². The second-order valence-corrected chi connectivity index (χ2v) is 4.16. The lowest BCUT2D eigenvalue weighted by Crippen LogP contribution is -2.43. The maximum Gasteiger partial charge on any atom is 0.408 e. The Morgan fingerprint density at radius 3 is 2.60 bits per heavy atom. The van der Waals surface area contributed by atoms with Crippen LogP contribution in [0.3, 0.4) is 0 Å². The van der Waals surface area contributed by atoms with E-state index in [0.29, 0.717) is 6.54 Å². The molecule has 1 amide bonds. The van der Waals surface area contributed by atoms with Gasteiger partial charge in [-0.05, 0) is 19.4 Å². The number of ether oxygens (including phenoxy) is 1. The molecule has 0 aliphatic carbocycles. The molecule has 1 heterocycles. The lowest BCUT2D eigenvalue weighted by atomic mass is 9.91. The topological polar surface area (TPSA) is 38.3 Å². The average molecular weight is 205 g/mol. The summed E-state index contributed by atoms with van der Waals surface area (Å²) in [7, 11) is 0. The van der Waals surface area contributed by atoms with Gasteiger partial charge in [0.15, 0.2) is 0 Å². The first-order valence-electron chi connectivity index (χ1n) is 5.14. The summed E-state index contributed by atoms with van der Waals surface area (Å²) in [5, 5.41) is 2.66. The summed E-state index contributed by atoms with van der Waals surface area (Å²) in [6.45, 7) is 4.67. The predicted molar refractivity (Wildman–Crippen MR) is 57.6 cm³/mol. The van der Waals surface area contributed by atoms with Gasteiger partial charge in [-0.2, -0.15) is 0 Å². The van der Waals surface area contributed by atoms with Crippen molar-refractivity contribution in [2.45, 2.75) is 25.9 Å². The van der Waals surface area contributed by atoms with Gasteiger partial charge in [0, 0.05) is 13.0 Å². The van der Waals surface area contributed by atoms with Crippen LogP contribution in [0.2, 0.25) is 0 Å². The Kier molecular flexibility index (Phi) is 2.39. The Bertz CT molecular complexity index is 372. The van der Waals surface area contributed by atoms with Crippen LogP contribution in [0.1, 0.15) is 24.5 Å². The lowest BCUT2D eigenvalue weighted by Gasteiger charge is -2.34. The zero-order chi connectivity index (χ0) is 10.9. The van der Waals surface area contributed by atoms with E-state index < -0.39 is 5.60 Å². The molecular formula is C12H15NO2. The van der Waals surface area contributed by atoms with Crippen LogP contribution in [-0.4, -0.2) is 12.6 Å². The van der Waals surface area contributed by atoms with Gasteiger partial charge in [-0.25, -0.2) is 4.79 Å². The quantitative estimate of drug-likeness (QED) is 0.764. The smallest absolute Gasteiger partial charge is 0.408 e. The maximum absolute atomic E-state index is 11.2. The first kappa shape index (κ1) is 10.0. The number of cyclic esters (lactones) is 1. The van der Waals surface area contributed by atoms with Crippen molar-refractivity contribution in [2.24, 2.45) is 0 Å². The fraction of sp³-hybridized carbons (Fsp3) is 0.417. The predicted octanol–water partition coefficient (Wildman–Crippen LogP) is 2.34. The van der Waals surface area contributed by atoms with Gasteiger partial charge < -0.3 is 10.1 Å². The van der Waals surface area contributed by atoms with E-state index in [1.165, 1.54) is 5.56 Å². The van der Waals surface area contributed by atoms with Crippen LogP contribution in [0.5, 0.6) is 0 Å². The number of amides is 1. The van der Waals surface area contributed by atoms with Gasteiger partial charge in [0.25, 0.3) is 0 Å². The molecule has 1 N–H and O–H groups in total. The lowest BCUT2D eigenvalue weighted by molar-refractivity contribution is -0.00274. The molecule has 0 bridgehead atoms. The summed E-state index contributed by atoms with van der Waals surface area (Å²) in [5.74, 6) is 0. The van der Waals surface area contributed by atoms with Crippen molar-refractivity contribution in [2.75, 3.05) is 6.54 Å². The fourth-order valence-corrected chi connectivity index (χ4v) is 1.80. The zero-order valence-electron chi connectivity index (χ0n) is 9.04. The fourth-order valence-electron chi connectivity index (χ4n) is 1.80. The van der Waals surface area contributed by atoms with E-state index in [1.54, 1.807) is 0 Å². The number of aryl methyl sites for hydroxylation is 1. The summed E-state index contributed by atoms with van der Waals surface area (Å²) < 4.78 is 5.35. The van der Waals surface area contributed by atoms with E-state index in [1.807, 2.05) is 38.1 Å². The normalized spacial score (nSPS) is 25.6. The minimum Gasteiger partial charge on any atom is -0.438 e. The number of hydrogen-bond acceptors (Lipinski definition) is 2. The molecule has 0 aromatic heterocycles. The van der Waals surface area contributed by atoms with Crippen molar-refractivity contribution < 1.29 is 9.53 Å². The molecule has 0 radical (unpaired) electrons. The van der Waals surface area contributed by atoms with Gasteiger partial charge in [-0.1, -0.05) is 29.8 Å². The standard InChI is InChI=1S/C12H15NO2/c1-9-3-5-10(6-4-9)12(2)7-8-13-11(14)15-12/h3-6H,7-8H2,1-2H3,(H,13,14). The van der Waals surface area contributed by atoms with Crippen LogP contribution >= 0.6 is 0 Å². The third-order valence-electron chi connectivity index (χ3n) is 2.85. The summed E-state index contributed by atoms with van der Waals surface area (Å²) in [5.41, 5.74) is 1.79. The molecule has 1 aromatic carbocycles. The Morgan fingerprint density at radius 2 is 2.00 bits per heavy atom. The zero-order valence-corrected chi connectivity index (χ0v) is 9.04. The molecule has 1 aliphatic rings.